The highest BCUT2D eigenvalue weighted by Gasteiger charge is 2.16. The summed E-state index contributed by atoms with van der Waals surface area (Å²) in [5, 5.41) is 21.3. The maximum atomic E-state index is 13.8. The van der Waals surface area contributed by atoms with Crippen molar-refractivity contribution in [2.24, 2.45) is 0 Å². The van der Waals surface area contributed by atoms with E-state index in [0.717, 1.165) is 6.07 Å². The second-order valence-corrected chi connectivity index (χ2v) is 4.13. The van der Waals surface area contributed by atoms with Crippen LogP contribution in [0.15, 0.2) is 42.6 Å². The zero-order valence-electron chi connectivity index (χ0n) is 10.5. The lowest BCUT2D eigenvalue weighted by Crippen LogP contribution is -2.15. The van der Waals surface area contributed by atoms with Crippen molar-refractivity contribution in [2.75, 3.05) is 11.9 Å². The van der Waals surface area contributed by atoms with Gasteiger partial charge < -0.3 is 15.5 Å². The van der Waals surface area contributed by atoms with Crippen molar-refractivity contribution >= 4 is 11.8 Å². The van der Waals surface area contributed by atoms with Crippen LogP contribution in [0.5, 0.6) is 0 Å². The second kappa shape index (κ2) is 6.12. The van der Waals surface area contributed by atoms with Gasteiger partial charge in [0, 0.05) is 12.7 Å². The molecule has 0 amide bonds. The summed E-state index contributed by atoms with van der Waals surface area (Å²) in [6, 6.07) is 9.94. The van der Waals surface area contributed by atoms with Gasteiger partial charge >= 0.3 is 5.97 Å². The number of carbonyl (C=O) groups is 1. The lowest BCUT2D eigenvalue weighted by atomic mass is 10.1. The zero-order chi connectivity index (χ0) is 14.5. The number of aromatic nitrogens is 1. The van der Waals surface area contributed by atoms with Gasteiger partial charge in [-0.3, -0.25) is 0 Å². The molecule has 3 N–H and O–H groups in total. The normalized spacial score (nSPS) is 11.9. The minimum absolute atomic E-state index is 0.0248. The number of hydrogen-bond donors (Lipinski definition) is 3. The fourth-order valence-electron chi connectivity index (χ4n) is 1.72. The summed E-state index contributed by atoms with van der Waals surface area (Å²) in [6.07, 6.45) is 0.356. The molecule has 0 aliphatic rings. The van der Waals surface area contributed by atoms with E-state index in [-0.39, 0.29) is 12.4 Å². The molecule has 1 aromatic heterocycles. The SMILES string of the molecule is O=C(O)c1ccnc(NCC(O)c2ccccc2)c1F. The molecular formula is C14H13FN2O3. The summed E-state index contributed by atoms with van der Waals surface area (Å²) >= 11 is 0. The maximum absolute atomic E-state index is 13.8. The largest absolute Gasteiger partial charge is 0.478 e. The van der Waals surface area contributed by atoms with Crippen LogP contribution in [-0.4, -0.2) is 27.7 Å². The Hall–Kier alpha value is -2.47. The third-order valence-electron chi connectivity index (χ3n) is 2.77. The molecule has 0 spiro atoms. The van der Waals surface area contributed by atoms with Crippen molar-refractivity contribution in [2.45, 2.75) is 6.10 Å². The molecule has 0 fully saturated rings. The lowest BCUT2D eigenvalue weighted by Gasteiger charge is -2.13. The molecule has 104 valence electrons. The van der Waals surface area contributed by atoms with Crippen LogP contribution in [0.3, 0.4) is 0 Å². The average molecular weight is 276 g/mol. The van der Waals surface area contributed by atoms with Crippen LogP contribution < -0.4 is 5.32 Å². The van der Waals surface area contributed by atoms with E-state index in [1.807, 2.05) is 6.07 Å². The van der Waals surface area contributed by atoms with E-state index in [0.29, 0.717) is 5.56 Å². The molecule has 0 bridgehead atoms. The molecule has 5 nitrogen and oxygen atoms in total. The number of aromatic carboxylic acids is 1. The summed E-state index contributed by atoms with van der Waals surface area (Å²) in [7, 11) is 0. The fraction of sp³-hybridized carbons (Fsp3) is 0.143. The Morgan fingerprint density at radius 2 is 2.00 bits per heavy atom. The summed E-state index contributed by atoms with van der Waals surface area (Å²) in [6.45, 7) is 0.0248. The molecule has 2 aromatic rings. The number of nitrogens with one attached hydrogen (secondary N) is 1. The van der Waals surface area contributed by atoms with E-state index in [1.54, 1.807) is 24.3 Å². The monoisotopic (exact) mass is 276 g/mol. The second-order valence-electron chi connectivity index (χ2n) is 4.13. The Labute approximate surface area is 114 Å². The van der Waals surface area contributed by atoms with Crippen molar-refractivity contribution in [1.29, 1.82) is 0 Å². The van der Waals surface area contributed by atoms with Crippen molar-refractivity contribution in [3.63, 3.8) is 0 Å². The first kappa shape index (κ1) is 14.0. The number of aliphatic hydroxyl groups is 1. The first-order valence-corrected chi connectivity index (χ1v) is 5.94. The summed E-state index contributed by atoms with van der Waals surface area (Å²) < 4.78 is 13.8. The number of carboxylic acids is 1. The smallest absolute Gasteiger partial charge is 0.338 e. The minimum atomic E-state index is -1.36. The highest BCUT2D eigenvalue weighted by atomic mass is 19.1. The Morgan fingerprint density at radius 1 is 1.30 bits per heavy atom. The first-order chi connectivity index (χ1) is 9.59. The Balaban J connectivity index is 2.08. The van der Waals surface area contributed by atoms with Gasteiger partial charge in [0.1, 0.15) is 5.56 Å². The maximum Gasteiger partial charge on any atom is 0.338 e. The van der Waals surface area contributed by atoms with Gasteiger partial charge in [0.25, 0.3) is 0 Å². The van der Waals surface area contributed by atoms with Gasteiger partial charge in [0.15, 0.2) is 11.6 Å². The number of hydrogen-bond acceptors (Lipinski definition) is 4. The van der Waals surface area contributed by atoms with E-state index < -0.39 is 23.5 Å². The summed E-state index contributed by atoms with van der Waals surface area (Å²) in [5.74, 6) is -2.50. The molecule has 20 heavy (non-hydrogen) atoms. The summed E-state index contributed by atoms with van der Waals surface area (Å²) in [5.41, 5.74) is 0.214. The van der Waals surface area contributed by atoms with Crippen molar-refractivity contribution in [3.8, 4) is 0 Å². The minimum Gasteiger partial charge on any atom is -0.478 e. The first-order valence-electron chi connectivity index (χ1n) is 5.94. The van der Waals surface area contributed by atoms with Crippen LogP contribution in [0, 0.1) is 5.82 Å². The standard InChI is InChI=1S/C14H13FN2O3/c15-12-10(14(19)20)6-7-16-13(12)17-8-11(18)9-4-2-1-3-5-9/h1-7,11,18H,8H2,(H,16,17)(H,19,20). The number of benzene rings is 1. The number of halogens is 1. The topological polar surface area (TPSA) is 82.5 Å². The number of rotatable bonds is 5. The highest BCUT2D eigenvalue weighted by molar-refractivity contribution is 5.88. The molecule has 1 aromatic carbocycles. The van der Waals surface area contributed by atoms with Crippen molar-refractivity contribution in [1.82, 2.24) is 4.98 Å². The van der Waals surface area contributed by atoms with E-state index >= 15 is 0 Å². The van der Waals surface area contributed by atoms with Gasteiger partial charge in [-0.2, -0.15) is 0 Å². The van der Waals surface area contributed by atoms with E-state index in [1.165, 1.54) is 6.20 Å². The quantitative estimate of drug-likeness (QED) is 0.778. The number of aliphatic hydroxyl groups excluding tert-OH is 1. The molecule has 6 heteroatoms. The van der Waals surface area contributed by atoms with Gasteiger partial charge in [-0.15, -0.1) is 0 Å². The predicted octanol–water partition coefficient (Wildman–Crippen LogP) is 2.06. The number of anilines is 1. The van der Waals surface area contributed by atoms with Gasteiger partial charge in [-0.05, 0) is 11.6 Å². The van der Waals surface area contributed by atoms with Crippen LogP contribution in [0.1, 0.15) is 22.0 Å². The third-order valence-corrected chi connectivity index (χ3v) is 2.77. The van der Waals surface area contributed by atoms with Gasteiger partial charge in [0.05, 0.1) is 6.10 Å². The lowest BCUT2D eigenvalue weighted by molar-refractivity contribution is 0.0692. The molecule has 0 saturated carbocycles. The van der Waals surface area contributed by atoms with Crippen LogP contribution >= 0.6 is 0 Å². The fourth-order valence-corrected chi connectivity index (χ4v) is 1.72. The van der Waals surface area contributed by atoms with Crippen molar-refractivity contribution < 1.29 is 19.4 Å². The third kappa shape index (κ3) is 3.10. The van der Waals surface area contributed by atoms with E-state index in [4.69, 9.17) is 5.11 Å². The Morgan fingerprint density at radius 3 is 2.65 bits per heavy atom. The molecule has 1 unspecified atom stereocenters. The molecular weight excluding hydrogens is 263 g/mol. The van der Waals surface area contributed by atoms with E-state index in [9.17, 15) is 14.3 Å². The van der Waals surface area contributed by atoms with Crippen molar-refractivity contribution in [3.05, 3.63) is 59.5 Å². The highest BCUT2D eigenvalue weighted by Crippen LogP contribution is 2.17. The van der Waals surface area contributed by atoms with Gasteiger partial charge in [-0.1, -0.05) is 30.3 Å². The molecule has 0 saturated heterocycles. The molecule has 0 aliphatic heterocycles. The van der Waals surface area contributed by atoms with Crippen LogP contribution in [0.4, 0.5) is 10.2 Å². The predicted molar refractivity (Wildman–Crippen MR) is 71.0 cm³/mol. The molecule has 0 aliphatic carbocycles. The average Bonchev–Trinajstić information content (AvgIpc) is 2.46. The van der Waals surface area contributed by atoms with Crippen LogP contribution in [0.2, 0.25) is 0 Å². The molecule has 1 heterocycles. The number of carboxylic acid groups (broad SMARTS) is 1. The van der Waals surface area contributed by atoms with E-state index in [2.05, 4.69) is 10.3 Å². The van der Waals surface area contributed by atoms with Crippen LogP contribution in [-0.2, 0) is 0 Å². The Bertz CT molecular complexity index is 605. The Kier molecular flexibility index (Phi) is 4.27. The molecule has 2 rings (SSSR count). The summed E-state index contributed by atoms with van der Waals surface area (Å²) in [4.78, 5) is 14.5. The van der Waals surface area contributed by atoms with Gasteiger partial charge in [-0.25, -0.2) is 14.2 Å². The van der Waals surface area contributed by atoms with Crippen LogP contribution in [0.25, 0.3) is 0 Å². The molecule has 1 atom stereocenters. The number of nitrogens with zero attached hydrogens (tertiary/aromatic N) is 1. The van der Waals surface area contributed by atoms with Gasteiger partial charge in [0.2, 0.25) is 0 Å². The number of pyridine rings is 1. The zero-order valence-corrected chi connectivity index (χ0v) is 10.5. The molecule has 0 radical (unpaired) electrons.